The van der Waals surface area contributed by atoms with E-state index in [0.717, 1.165) is 0 Å². The molecule has 9 heteroatoms. The van der Waals surface area contributed by atoms with E-state index < -0.39 is 0 Å². The van der Waals surface area contributed by atoms with Crippen LogP contribution < -0.4 is 20.9 Å². The van der Waals surface area contributed by atoms with E-state index in [0.29, 0.717) is 23.7 Å². The van der Waals surface area contributed by atoms with Gasteiger partial charge in [0, 0.05) is 19.7 Å². The fourth-order valence-electron chi connectivity index (χ4n) is 1.49. The minimum atomic E-state index is -0.193. The summed E-state index contributed by atoms with van der Waals surface area (Å²) in [5, 5.41) is 7.50. The highest BCUT2D eigenvalue weighted by Gasteiger charge is 2.14. The number of likely N-dealkylation sites (N-methyl/N-ethyl adjacent to an activating group) is 1. The molecule has 1 aromatic carbocycles. The summed E-state index contributed by atoms with van der Waals surface area (Å²) < 4.78 is 11.0. The van der Waals surface area contributed by atoms with Gasteiger partial charge in [0.2, 0.25) is 5.96 Å². The van der Waals surface area contributed by atoms with E-state index in [-0.39, 0.29) is 23.5 Å². The molecule has 23 heavy (non-hydrogen) atoms. The Kier molecular flexibility index (Phi) is 7.14. The third kappa shape index (κ3) is 6.03. The summed E-state index contributed by atoms with van der Waals surface area (Å²) in [6.45, 7) is 2.08. The lowest BCUT2D eigenvalue weighted by atomic mass is 10.2. The molecule has 0 saturated carbocycles. The lowest BCUT2D eigenvalue weighted by Crippen LogP contribution is -2.27. The van der Waals surface area contributed by atoms with Crippen LogP contribution in [0, 0.1) is 0 Å². The zero-order valence-electron chi connectivity index (χ0n) is 13.2. The number of nitrogens with zero attached hydrogens (tertiary/aromatic N) is 3. The van der Waals surface area contributed by atoms with Crippen LogP contribution in [0.2, 0.25) is 5.02 Å². The smallest absolute Gasteiger partial charge is 0.259 e. The Labute approximate surface area is 139 Å². The molecule has 1 rings (SSSR count). The van der Waals surface area contributed by atoms with Gasteiger partial charge in [-0.05, 0) is 19.1 Å². The quantitative estimate of drug-likeness (QED) is 0.432. The van der Waals surface area contributed by atoms with Crippen LogP contribution in [0.15, 0.2) is 22.3 Å². The first kappa shape index (κ1) is 18.6. The third-order valence-electron chi connectivity index (χ3n) is 2.55. The van der Waals surface area contributed by atoms with Gasteiger partial charge in [-0.2, -0.15) is 5.10 Å². The maximum atomic E-state index is 11.6. The Balaban J connectivity index is 3.04. The number of carbonyl (C=O) groups excluding carboxylic acids is 1. The summed E-state index contributed by atoms with van der Waals surface area (Å²) in [5.74, 6) is 0.349. The molecule has 0 aromatic heterocycles. The number of hydrogen-bond acceptors (Lipinski definition) is 5. The number of ether oxygens (including phenoxy) is 2. The molecular formula is C14H20ClN5O3. The van der Waals surface area contributed by atoms with Gasteiger partial charge in [0.1, 0.15) is 0 Å². The van der Waals surface area contributed by atoms with Crippen molar-refractivity contribution in [2.75, 3.05) is 27.3 Å². The number of rotatable bonds is 7. The Morgan fingerprint density at radius 3 is 2.61 bits per heavy atom. The topological polar surface area (TPSA) is 116 Å². The summed E-state index contributed by atoms with van der Waals surface area (Å²) in [6.07, 6.45) is 1.42. The van der Waals surface area contributed by atoms with Crippen molar-refractivity contribution in [1.29, 1.82) is 0 Å². The van der Waals surface area contributed by atoms with Gasteiger partial charge in [-0.25, -0.2) is 0 Å². The number of nitrogens with two attached hydrogens (primary N) is 2. The van der Waals surface area contributed by atoms with Gasteiger partial charge in [-0.15, -0.1) is 5.10 Å². The normalized spacial score (nSPS) is 10.4. The molecule has 0 bridgehead atoms. The second kappa shape index (κ2) is 8.84. The first-order chi connectivity index (χ1) is 10.8. The number of halogens is 1. The lowest BCUT2D eigenvalue weighted by Gasteiger charge is -2.15. The maximum absolute atomic E-state index is 11.6. The van der Waals surface area contributed by atoms with Gasteiger partial charge in [0.25, 0.3) is 5.91 Å². The van der Waals surface area contributed by atoms with Crippen LogP contribution in [0.25, 0.3) is 0 Å². The predicted molar refractivity (Wildman–Crippen MR) is 90.2 cm³/mol. The molecule has 126 valence electrons. The number of guanidine groups is 1. The van der Waals surface area contributed by atoms with Gasteiger partial charge in [0.05, 0.1) is 17.8 Å². The van der Waals surface area contributed by atoms with Crippen molar-refractivity contribution >= 4 is 29.7 Å². The van der Waals surface area contributed by atoms with Crippen LogP contribution in [0.1, 0.15) is 12.5 Å². The fourth-order valence-corrected chi connectivity index (χ4v) is 1.76. The summed E-state index contributed by atoms with van der Waals surface area (Å²) >= 11 is 6.20. The molecule has 4 N–H and O–H groups in total. The fraction of sp³-hybridized carbons (Fsp3) is 0.357. The van der Waals surface area contributed by atoms with Gasteiger partial charge in [-0.1, -0.05) is 11.6 Å². The highest BCUT2D eigenvalue weighted by atomic mass is 35.5. The van der Waals surface area contributed by atoms with E-state index in [9.17, 15) is 4.79 Å². The van der Waals surface area contributed by atoms with Gasteiger partial charge in [0.15, 0.2) is 18.1 Å². The van der Waals surface area contributed by atoms with Crippen molar-refractivity contribution in [1.82, 2.24) is 4.90 Å². The number of carbonyl (C=O) groups is 1. The van der Waals surface area contributed by atoms with E-state index in [2.05, 4.69) is 10.2 Å². The zero-order valence-corrected chi connectivity index (χ0v) is 14.0. The van der Waals surface area contributed by atoms with E-state index in [4.69, 9.17) is 32.5 Å². The van der Waals surface area contributed by atoms with E-state index in [1.54, 1.807) is 26.2 Å². The SMILES string of the molecule is CCOc1cc(/C=N/N=C(N)N)cc(Cl)c1OCC(=O)N(C)C. The van der Waals surface area contributed by atoms with Crippen molar-refractivity contribution in [3.63, 3.8) is 0 Å². The molecule has 0 fully saturated rings. The average molecular weight is 342 g/mol. The zero-order chi connectivity index (χ0) is 17.4. The summed E-state index contributed by atoms with van der Waals surface area (Å²) in [7, 11) is 3.28. The summed E-state index contributed by atoms with van der Waals surface area (Å²) in [6, 6.07) is 3.27. The molecule has 1 aromatic rings. The second-order valence-corrected chi connectivity index (χ2v) is 5.02. The van der Waals surface area contributed by atoms with Crippen LogP contribution in [0.4, 0.5) is 0 Å². The Bertz CT molecular complexity index is 613. The van der Waals surface area contributed by atoms with Crippen molar-refractivity contribution < 1.29 is 14.3 Å². The molecule has 8 nitrogen and oxygen atoms in total. The second-order valence-electron chi connectivity index (χ2n) is 4.61. The standard InChI is InChI=1S/C14H20ClN5O3/c1-4-22-11-6-9(7-18-19-14(16)17)5-10(15)13(11)23-8-12(21)20(2)3/h5-7H,4,8H2,1-3H3,(H4,16,17,19)/b18-7+. The highest BCUT2D eigenvalue weighted by molar-refractivity contribution is 6.32. The summed E-state index contributed by atoms with van der Waals surface area (Å²) in [4.78, 5) is 13.0. The predicted octanol–water partition coefficient (Wildman–Crippen LogP) is 0.813. The Hall–Kier alpha value is -2.48. The van der Waals surface area contributed by atoms with E-state index in [1.807, 2.05) is 6.92 Å². The average Bonchev–Trinajstić information content (AvgIpc) is 2.45. The van der Waals surface area contributed by atoms with Crippen LogP contribution in [-0.4, -0.2) is 50.3 Å². The molecule has 0 spiro atoms. The first-order valence-electron chi connectivity index (χ1n) is 6.76. The van der Waals surface area contributed by atoms with Crippen molar-refractivity contribution in [3.8, 4) is 11.5 Å². The lowest BCUT2D eigenvalue weighted by molar-refractivity contribution is -0.130. The monoisotopic (exact) mass is 341 g/mol. The molecule has 0 saturated heterocycles. The van der Waals surface area contributed by atoms with E-state index in [1.165, 1.54) is 11.1 Å². The third-order valence-corrected chi connectivity index (χ3v) is 2.83. The summed E-state index contributed by atoms with van der Waals surface area (Å²) in [5.41, 5.74) is 11.0. The molecule has 0 heterocycles. The van der Waals surface area contributed by atoms with Crippen molar-refractivity contribution in [3.05, 3.63) is 22.7 Å². The maximum Gasteiger partial charge on any atom is 0.259 e. The van der Waals surface area contributed by atoms with Crippen LogP contribution in [-0.2, 0) is 4.79 Å². The van der Waals surface area contributed by atoms with Crippen LogP contribution in [0.3, 0.4) is 0 Å². The van der Waals surface area contributed by atoms with E-state index >= 15 is 0 Å². The van der Waals surface area contributed by atoms with Crippen LogP contribution >= 0.6 is 11.6 Å². The Morgan fingerprint density at radius 2 is 2.04 bits per heavy atom. The molecular weight excluding hydrogens is 322 g/mol. The number of amides is 1. The number of benzene rings is 1. The van der Waals surface area contributed by atoms with Crippen LogP contribution in [0.5, 0.6) is 11.5 Å². The van der Waals surface area contributed by atoms with Gasteiger partial charge in [-0.3, -0.25) is 4.79 Å². The molecule has 0 aliphatic heterocycles. The molecule has 0 aliphatic carbocycles. The Morgan fingerprint density at radius 1 is 1.35 bits per heavy atom. The molecule has 0 unspecified atom stereocenters. The molecule has 0 atom stereocenters. The van der Waals surface area contributed by atoms with Gasteiger partial charge < -0.3 is 25.8 Å². The molecule has 0 aliphatic rings. The minimum absolute atomic E-state index is 0.145. The number of hydrogen-bond donors (Lipinski definition) is 2. The minimum Gasteiger partial charge on any atom is -0.490 e. The molecule has 0 radical (unpaired) electrons. The highest BCUT2D eigenvalue weighted by Crippen LogP contribution is 2.36. The van der Waals surface area contributed by atoms with Gasteiger partial charge >= 0.3 is 0 Å². The van der Waals surface area contributed by atoms with Crippen molar-refractivity contribution in [2.24, 2.45) is 21.7 Å². The first-order valence-corrected chi connectivity index (χ1v) is 7.14. The largest absolute Gasteiger partial charge is 0.490 e. The molecule has 1 amide bonds. The van der Waals surface area contributed by atoms with Crippen molar-refractivity contribution in [2.45, 2.75) is 6.92 Å².